The second-order valence-corrected chi connectivity index (χ2v) is 4.79. The number of rotatable bonds is 4. The first-order valence-corrected chi connectivity index (χ1v) is 6.47. The number of methoxy groups -OCH3 is 2. The first kappa shape index (κ1) is 13.8. The van der Waals surface area contributed by atoms with Gasteiger partial charge in [-0.15, -0.1) is 0 Å². The number of pyridine rings is 1. The van der Waals surface area contributed by atoms with E-state index in [1.165, 1.54) is 7.11 Å². The van der Waals surface area contributed by atoms with E-state index in [4.69, 9.17) is 9.47 Å². The Kier molecular flexibility index (Phi) is 4.37. The standard InChI is InChI=1S/C14H20N2O3/c1-10-7-12(18-2)8-11(15-10)9-16-6-4-5-13(16)14(17)19-3/h7-8,13H,4-6,9H2,1-3H3. The monoisotopic (exact) mass is 264 g/mol. The number of likely N-dealkylation sites (tertiary alicyclic amines) is 1. The quantitative estimate of drug-likeness (QED) is 0.772. The fourth-order valence-corrected chi connectivity index (χ4v) is 2.53. The highest BCUT2D eigenvalue weighted by molar-refractivity contribution is 5.75. The van der Waals surface area contributed by atoms with E-state index >= 15 is 0 Å². The van der Waals surface area contributed by atoms with Crippen molar-refractivity contribution in [1.82, 2.24) is 9.88 Å². The van der Waals surface area contributed by atoms with Gasteiger partial charge in [-0.05, 0) is 26.3 Å². The Hall–Kier alpha value is -1.62. The van der Waals surface area contributed by atoms with E-state index in [-0.39, 0.29) is 12.0 Å². The van der Waals surface area contributed by atoms with E-state index in [2.05, 4.69) is 9.88 Å². The van der Waals surface area contributed by atoms with E-state index in [1.807, 2.05) is 19.1 Å². The number of aryl methyl sites for hydroxylation is 1. The van der Waals surface area contributed by atoms with Crippen LogP contribution < -0.4 is 4.74 Å². The third-order valence-corrected chi connectivity index (χ3v) is 3.42. The zero-order chi connectivity index (χ0) is 13.8. The van der Waals surface area contributed by atoms with Crippen LogP contribution in [-0.2, 0) is 16.1 Å². The van der Waals surface area contributed by atoms with E-state index in [1.54, 1.807) is 7.11 Å². The Balaban J connectivity index is 2.11. The molecule has 1 aliphatic rings. The molecular formula is C14H20N2O3. The lowest BCUT2D eigenvalue weighted by Crippen LogP contribution is -2.36. The summed E-state index contributed by atoms with van der Waals surface area (Å²) in [5.74, 6) is 0.647. The van der Waals surface area contributed by atoms with Gasteiger partial charge in [0.15, 0.2) is 0 Å². The van der Waals surface area contributed by atoms with Gasteiger partial charge in [-0.1, -0.05) is 0 Å². The Bertz CT molecular complexity index is 462. The Morgan fingerprint density at radius 3 is 2.95 bits per heavy atom. The second kappa shape index (κ2) is 6.02. The second-order valence-electron chi connectivity index (χ2n) is 4.79. The smallest absolute Gasteiger partial charge is 0.323 e. The minimum Gasteiger partial charge on any atom is -0.497 e. The molecule has 1 fully saturated rings. The summed E-state index contributed by atoms with van der Waals surface area (Å²) in [6.45, 7) is 3.49. The number of carbonyl (C=O) groups excluding carboxylic acids is 1. The predicted octanol–water partition coefficient (Wildman–Crippen LogP) is 1.54. The average molecular weight is 264 g/mol. The van der Waals surface area contributed by atoms with Gasteiger partial charge in [0.25, 0.3) is 0 Å². The molecule has 1 aromatic heterocycles. The van der Waals surface area contributed by atoms with Gasteiger partial charge in [-0.25, -0.2) is 0 Å². The Morgan fingerprint density at radius 1 is 1.47 bits per heavy atom. The summed E-state index contributed by atoms with van der Waals surface area (Å²) in [6.07, 6.45) is 1.87. The number of esters is 1. The zero-order valence-corrected chi connectivity index (χ0v) is 11.7. The van der Waals surface area contributed by atoms with Gasteiger partial charge in [0, 0.05) is 24.4 Å². The summed E-state index contributed by atoms with van der Waals surface area (Å²) in [7, 11) is 3.08. The highest BCUT2D eigenvalue weighted by Gasteiger charge is 2.31. The van der Waals surface area contributed by atoms with Crippen molar-refractivity contribution >= 4 is 5.97 Å². The molecule has 0 aliphatic carbocycles. The van der Waals surface area contributed by atoms with Crippen LogP contribution in [0.15, 0.2) is 12.1 Å². The maximum Gasteiger partial charge on any atom is 0.323 e. The van der Waals surface area contributed by atoms with Crippen molar-refractivity contribution in [2.45, 2.75) is 32.4 Å². The Labute approximate surface area is 113 Å². The van der Waals surface area contributed by atoms with Gasteiger partial charge in [-0.3, -0.25) is 14.7 Å². The molecule has 0 aromatic carbocycles. The zero-order valence-electron chi connectivity index (χ0n) is 11.7. The van der Waals surface area contributed by atoms with E-state index in [0.29, 0.717) is 6.54 Å². The summed E-state index contributed by atoms with van der Waals surface area (Å²) in [6, 6.07) is 3.67. The molecule has 0 amide bonds. The number of carbonyl (C=O) groups is 1. The maximum atomic E-state index is 11.7. The summed E-state index contributed by atoms with van der Waals surface area (Å²) < 4.78 is 10.1. The molecule has 19 heavy (non-hydrogen) atoms. The minimum absolute atomic E-state index is 0.140. The molecule has 1 aliphatic heterocycles. The molecule has 2 heterocycles. The highest BCUT2D eigenvalue weighted by atomic mass is 16.5. The van der Waals surface area contributed by atoms with Crippen LogP contribution >= 0.6 is 0 Å². The minimum atomic E-state index is -0.155. The van der Waals surface area contributed by atoms with E-state index in [0.717, 1.165) is 36.5 Å². The van der Waals surface area contributed by atoms with Gasteiger partial charge in [-0.2, -0.15) is 0 Å². The maximum absolute atomic E-state index is 11.7. The predicted molar refractivity (Wildman–Crippen MR) is 71.0 cm³/mol. The lowest BCUT2D eigenvalue weighted by Gasteiger charge is -2.22. The summed E-state index contributed by atoms with van der Waals surface area (Å²) >= 11 is 0. The van der Waals surface area contributed by atoms with Gasteiger partial charge in [0.2, 0.25) is 0 Å². The summed E-state index contributed by atoms with van der Waals surface area (Å²) in [5.41, 5.74) is 1.84. The van der Waals surface area contributed by atoms with Crippen molar-refractivity contribution in [3.05, 3.63) is 23.5 Å². The normalized spacial score (nSPS) is 19.4. The number of hydrogen-bond donors (Lipinski definition) is 0. The van der Waals surface area contributed by atoms with Crippen LogP contribution in [0, 0.1) is 6.92 Å². The van der Waals surface area contributed by atoms with Crippen LogP contribution in [0.3, 0.4) is 0 Å². The van der Waals surface area contributed by atoms with Crippen molar-refractivity contribution in [3.63, 3.8) is 0 Å². The molecular weight excluding hydrogens is 244 g/mol. The number of nitrogens with zero attached hydrogens (tertiary/aromatic N) is 2. The van der Waals surface area contributed by atoms with Gasteiger partial charge < -0.3 is 9.47 Å². The third kappa shape index (κ3) is 3.23. The molecule has 0 radical (unpaired) electrons. The first-order chi connectivity index (χ1) is 9.13. The molecule has 1 aromatic rings. The third-order valence-electron chi connectivity index (χ3n) is 3.42. The van der Waals surface area contributed by atoms with E-state index in [9.17, 15) is 4.79 Å². The van der Waals surface area contributed by atoms with Crippen LogP contribution in [0.4, 0.5) is 0 Å². The molecule has 104 valence electrons. The van der Waals surface area contributed by atoms with Crippen molar-refractivity contribution in [3.8, 4) is 5.75 Å². The number of hydrogen-bond acceptors (Lipinski definition) is 5. The largest absolute Gasteiger partial charge is 0.497 e. The van der Waals surface area contributed by atoms with Gasteiger partial charge >= 0.3 is 5.97 Å². The van der Waals surface area contributed by atoms with Crippen LogP contribution in [0.5, 0.6) is 5.75 Å². The number of ether oxygens (including phenoxy) is 2. The first-order valence-electron chi connectivity index (χ1n) is 6.47. The fourth-order valence-electron chi connectivity index (χ4n) is 2.53. The molecule has 5 heteroatoms. The number of aromatic nitrogens is 1. The molecule has 5 nitrogen and oxygen atoms in total. The van der Waals surface area contributed by atoms with Gasteiger partial charge in [0.05, 0.1) is 19.9 Å². The van der Waals surface area contributed by atoms with Crippen LogP contribution in [-0.4, -0.2) is 42.7 Å². The van der Waals surface area contributed by atoms with E-state index < -0.39 is 0 Å². The van der Waals surface area contributed by atoms with Crippen molar-refractivity contribution in [2.75, 3.05) is 20.8 Å². The topological polar surface area (TPSA) is 51.7 Å². The van der Waals surface area contributed by atoms with Crippen molar-refractivity contribution in [1.29, 1.82) is 0 Å². The molecule has 2 rings (SSSR count). The molecule has 1 atom stereocenters. The van der Waals surface area contributed by atoms with Crippen LogP contribution in [0.1, 0.15) is 24.2 Å². The molecule has 1 saturated heterocycles. The molecule has 0 N–H and O–H groups in total. The summed E-state index contributed by atoms with van der Waals surface area (Å²) in [5, 5.41) is 0. The molecule has 0 bridgehead atoms. The summed E-state index contributed by atoms with van der Waals surface area (Å²) in [4.78, 5) is 18.3. The van der Waals surface area contributed by atoms with Crippen LogP contribution in [0.25, 0.3) is 0 Å². The lowest BCUT2D eigenvalue weighted by molar-refractivity contribution is -0.146. The van der Waals surface area contributed by atoms with Gasteiger partial charge in [0.1, 0.15) is 11.8 Å². The lowest BCUT2D eigenvalue weighted by atomic mass is 10.2. The molecule has 0 saturated carbocycles. The highest BCUT2D eigenvalue weighted by Crippen LogP contribution is 2.22. The van der Waals surface area contributed by atoms with Crippen molar-refractivity contribution in [2.24, 2.45) is 0 Å². The SMILES string of the molecule is COC(=O)C1CCCN1Cc1cc(OC)cc(C)n1. The average Bonchev–Trinajstić information content (AvgIpc) is 2.85. The van der Waals surface area contributed by atoms with Crippen molar-refractivity contribution < 1.29 is 14.3 Å². The Morgan fingerprint density at radius 2 is 2.26 bits per heavy atom. The molecule has 0 spiro atoms. The molecule has 1 unspecified atom stereocenters. The fraction of sp³-hybridized carbons (Fsp3) is 0.571. The van der Waals surface area contributed by atoms with Crippen LogP contribution in [0.2, 0.25) is 0 Å².